The van der Waals surface area contributed by atoms with Gasteiger partial charge in [0.2, 0.25) is 0 Å². The first-order valence-corrected chi connectivity index (χ1v) is 13.5. The molecule has 0 aliphatic carbocycles. The summed E-state index contributed by atoms with van der Waals surface area (Å²) in [6.45, 7) is 1.23. The highest BCUT2D eigenvalue weighted by atomic mass is 35.5. The predicted molar refractivity (Wildman–Crippen MR) is 163 cm³/mol. The molecule has 7 nitrogen and oxygen atoms in total. The van der Waals surface area contributed by atoms with Gasteiger partial charge in [-0.1, -0.05) is 60.1 Å². The van der Waals surface area contributed by atoms with Crippen LogP contribution < -0.4 is 24.8 Å². The van der Waals surface area contributed by atoms with E-state index in [0.717, 1.165) is 34.5 Å². The first-order chi connectivity index (χ1) is 20.0. The highest BCUT2D eigenvalue weighted by molar-refractivity contribution is 6.31. The highest BCUT2D eigenvalue weighted by Crippen LogP contribution is 2.33. The lowest BCUT2D eigenvalue weighted by Gasteiger charge is -2.16. The number of hydrogen-bond acceptors (Lipinski definition) is 6. The number of amides is 1. The molecule has 0 fully saturated rings. The van der Waals surface area contributed by atoms with E-state index in [1.54, 1.807) is 30.3 Å². The summed E-state index contributed by atoms with van der Waals surface area (Å²) < 4.78 is 17.3. The van der Waals surface area contributed by atoms with Gasteiger partial charge in [0.15, 0.2) is 5.75 Å². The van der Waals surface area contributed by atoms with E-state index >= 15 is 0 Å². The van der Waals surface area contributed by atoms with Crippen LogP contribution >= 0.6 is 11.6 Å². The summed E-state index contributed by atoms with van der Waals surface area (Å²) in [5, 5.41) is 9.95. The molecule has 208 valence electrons. The van der Waals surface area contributed by atoms with Gasteiger partial charge in [0, 0.05) is 11.1 Å². The number of carbonyl (C=O) groups excluding carboxylic acids is 2. The van der Waals surface area contributed by atoms with Crippen LogP contribution in [0.3, 0.4) is 0 Å². The molecule has 0 unspecified atom stereocenters. The Labute approximate surface area is 243 Å². The third-order valence-electron chi connectivity index (χ3n) is 6.60. The van der Waals surface area contributed by atoms with Crippen LogP contribution in [0.1, 0.15) is 27.1 Å². The van der Waals surface area contributed by atoms with Crippen molar-refractivity contribution in [3.8, 4) is 17.2 Å². The number of fused-ring (bicyclic) bond motifs is 2. The van der Waals surface area contributed by atoms with Crippen LogP contribution in [0.2, 0.25) is 5.02 Å². The van der Waals surface area contributed by atoms with E-state index in [9.17, 15) is 9.59 Å². The first kappa shape index (κ1) is 28.0. The van der Waals surface area contributed by atoms with Crippen molar-refractivity contribution in [1.29, 1.82) is 0 Å². The van der Waals surface area contributed by atoms with Gasteiger partial charge in [-0.25, -0.2) is 4.79 Å². The number of halogens is 1. The van der Waals surface area contributed by atoms with Gasteiger partial charge in [0.05, 0.1) is 25.0 Å². The Morgan fingerprint density at radius 1 is 0.756 bits per heavy atom. The molecule has 5 rings (SSSR count). The Balaban J connectivity index is 1.44. The van der Waals surface area contributed by atoms with E-state index in [-0.39, 0.29) is 17.0 Å². The summed E-state index contributed by atoms with van der Waals surface area (Å²) in [7, 11) is 3.37. The molecule has 5 aromatic rings. The highest BCUT2D eigenvalue weighted by Gasteiger charge is 2.21. The molecule has 0 radical (unpaired) electrons. The van der Waals surface area contributed by atoms with Gasteiger partial charge in [-0.15, -0.1) is 0 Å². The van der Waals surface area contributed by atoms with Gasteiger partial charge in [-0.05, 0) is 78.0 Å². The molecule has 0 bridgehead atoms. The lowest BCUT2D eigenvalue weighted by molar-refractivity contribution is 0.0731. The van der Waals surface area contributed by atoms with Crippen LogP contribution in [-0.4, -0.2) is 39.2 Å². The Hall–Kier alpha value is -4.59. The fourth-order valence-electron chi connectivity index (χ4n) is 4.52. The average Bonchev–Trinajstić information content (AvgIpc) is 2.99. The van der Waals surface area contributed by atoms with Crippen molar-refractivity contribution >= 4 is 50.7 Å². The smallest absolute Gasteiger partial charge is 0.347 e. The molecule has 0 heterocycles. The monoisotopic (exact) mass is 568 g/mol. The molecule has 0 atom stereocenters. The lowest BCUT2D eigenvalue weighted by Crippen LogP contribution is -2.17. The van der Waals surface area contributed by atoms with Gasteiger partial charge in [-0.3, -0.25) is 4.79 Å². The normalized spacial score (nSPS) is 10.9. The SMILES string of the molecule is CNCCCOc1cc2ccccc2cc1C(=O)Nc1ccc(Cl)cc1OC(=O)c1cc2ccccc2cc1OC. The number of anilines is 1. The summed E-state index contributed by atoms with van der Waals surface area (Å²) in [6, 6.07) is 27.2. The Bertz CT molecular complexity index is 1740. The van der Waals surface area contributed by atoms with Gasteiger partial charge < -0.3 is 24.8 Å². The molecule has 8 heteroatoms. The second kappa shape index (κ2) is 12.7. The van der Waals surface area contributed by atoms with E-state index in [2.05, 4.69) is 10.6 Å². The third-order valence-corrected chi connectivity index (χ3v) is 6.84. The van der Waals surface area contributed by atoms with Crippen molar-refractivity contribution in [3.05, 3.63) is 107 Å². The Morgan fingerprint density at radius 2 is 1.37 bits per heavy atom. The number of ether oxygens (including phenoxy) is 3. The first-order valence-electron chi connectivity index (χ1n) is 13.2. The average molecular weight is 569 g/mol. The molecule has 0 saturated carbocycles. The minimum absolute atomic E-state index is 0.100. The van der Waals surface area contributed by atoms with E-state index in [4.69, 9.17) is 25.8 Å². The molecule has 2 N–H and O–H groups in total. The number of esters is 1. The van der Waals surface area contributed by atoms with Crippen molar-refractivity contribution in [2.75, 3.05) is 32.6 Å². The van der Waals surface area contributed by atoms with Crippen LogP contribution in [-0.2, 0) is 0 Å². The summed E-state index contributed by atoms with van der Waals surface area (Å²) in [4.78, 5) is 27.0. The molecule has 1 amide bonds. The summed E-state index contributed by atoms with van der Waals surface area (Å²) in [5.41, 5.74) is 0.883. The zero-order valence-electron chi connectivity index (χ0n) is 22.7. The maximum absolute atomic E-state index is 13.6. The zero-order chi connectivity index (χ0) is 28.8. The number of benzene rings is 5. The van der Waals surface area contributed by atoms with Gasteiger partial charge in [0.1, 0.15) is 17.1 Å². The van der Waals surface area contributed by atoms with E-state index < -0.39 is 11.9 Å². The van der Waals surface area contributed by atoms with E-state index in [0.29, 0.717) is 28.7 Å². The number of nitrogens with one attached hydrogen (secondary N) is 2. The van der Waals surface area contributed by atoms with Crippen LogP contribution in [0, 0.1) is 0 Å². The van der Waals surface area contributed by atoms with Crippen LogP contribution in [0.4, 0.5) is 5.69 Å². The van der Waals surface area contributed by atoms with Crippen molar-refractivity contribution < 1.29 is 23.8 Å². The number of rotatable bonds is 10. The summed E-state index contributed by atoms with van der Waals surface area (Å²) in [6.07, 6.45) is 0.778. The van der Waals surface area contributed by atoms with Gasteiger partial charge in [0.25, 0.3) is 5.91 Å². The fourth-order valence-corrected chi connectivity index (χ4v) is 4.69. The largest absolute Gasteiger partial charge is 0.496 e. The fraction of sp³-hybridized carbons (Fsp3) is 0.152. The predicted octanol–water partition coefficient (Wildman–Crippen LogP) is 7.11. The van der Waals surface area contributed by atoms with E-state index in [1.165, 1.54) is 13.2 Å². The summed E-state index contributed by atoms with van der Waals surface area (Å²) in [5.74, 6) is -0.126. The maximum atomic E-state index is 13.6. The number of methoxy groups -OCH3 is 1. The van der Waals surface area contributed by atoms with Crippen molar-refractivity contribution in [2.45, 2.75) is 6.42 Å². The maximum Gasteiger partial charge on any atom is 0.347 e. The van der Waals surface area contributed by atoms with Crippen LogP contribution in [0.5, 0.6) is 17.2 Å². The lowest BCUT2D eigenvalue weighted by atomic mass is 10.0. The third kappa shape index (κ3) is 6.43. The second-order valence-corrected chi connectivity index (χ2v) is 9.82. The Kier molecular flexibility index (Phi) is 8.67. The number of carbonyl (C=O) groups is 2. The molecule has 41 heavy (non-hydrogen) atoms. The second-order valence-electron chi connectivity index (χ2n) is 9.38. The molecular formula is C33H29ClN2O5. The molecule has 0 saturated heterocycles. The zero-order valence-corrected chi connectivity index (χ0v) is 23.5. The van der Waals surface area contributed by atoms with Crippen molar-refractivity contribution in [1.82, 2.24) is 5.32 Å². The number of hydrogen-bond donors (Lipinski definition) is 2. The van der Waals surface area contributed by atoms with E-state index in [1.807, 2.05) is 61.6 Å². The molecule has 0 spiro atoms. The van der Waals surface area contributed by atoms with Gasteiger partial charge in [-0.2, -0.15) is 0 Å². The molecular weight excluding hydrogens is 540 g/mol. The minimum Gasteiger partial charge on any atom is -0.496 e. The quantitative estimate of drug-likeness (QED) is 0.106. The molecule has 0 aliphatic heterocycles. The van der Waals surface area contributed by atoms with Crippen molar-refractivity contribution in [3.63, 3.8) is 0 Å². The molecule has 0 aliphatic rings. The standard InChI is InChI=1S/C33H29ClN2O5/c1-35-14-7-15-40-30-19-24-11-6-3-8-21(24)16-26(30)32(37)36-28-13-12-25(34)20-31(28)41-33(38)27-17-22-9-4-5-10-23(22)18-29(27)39-2/h3-6,8-13,16-20,35H,7,14-15H2,1-2H3,(H,36,37). The van der Waals surface area contributed by atoms with Crippen LogP contribution in [0.25, 0.3) is 21.5 Å². The molecule has 0 aromatic heterocycles. The van der Waals surface area contributed by atoms with Crippen LogP contribution in [0.15, 0.2) is 91.0 Å². The molecule has 5 aromatic carbocycles. The van der Waals surface area contributed by atoms with Crippen molar-refractivity contribution in [2.24, 2.45) is 0 Å². The summed E-state index contributed by atoms with van der Waals surface area (Å²) >= 11 is 6.26. The topological polar surface area (TPSA) is 85.9 Å². The minimum atomic E-state index is -0.648. The van der Waals surface area contributed by atoms with Gasteiger partial charge >= 0.3 is 5.97 Å². The Morgan fingerprint density at radius 3 is 2.00 bits per heavy atom.